The van der Waals surface area contributed by atoms with Crippen molar-refractivity contribution < 1.29 is 22.7 Å². The summed E-state index contributed by atoms with van der Waals surface area (Å²) in [5.74, 6) is -1.27. The number of carbonyl (C=O) groups is 1. The van der Waals surface area contributed by atoms with Gasteiger partial charge in [-0.15, -0.1) is 0 Å². The molecular formula is C20H21FN4O4S. The second-order valence-electron chi connectivity index (χ2n) is 6.53. The van der Waals surface area contributed by atoms with Gasteiger partial charge in [-0.25, -0.2) is 17.8 Å². The van der Waals surface area contributed by atoms with Crippen molar-refractivity contribution in [2.75, 3.05) is 28.9 Å². The van der Waals surface area contributed by atoms with Crippen LogP contribution < -0.4 is 10.0 Å². The zero-order valence-electron chi connectivity index (χ0n) is 16.2. The molecule has 0 spiro atoms. The highest BCUT2D eigenvalue weighted by Gasteiger charge is 2.20. The first-order valence-electron chi connectivity index (χ1n) is 9.30. The Bertz CT molecular complexity index is 1180. The molecule has 1 heterocycles. The van der Waals surface area contributed by atoms with Crippen LogP contribution in [0.2, 0.25) is 0 Å². The zero-order chi connectivity index (χ0) is 21.7. The molecule has 2 aromatic carbocycles. The van der Waals surface area contributed by atoms with Crippen LogP contribution in [0.15, 0.2) is 42.6 Å². The van der Waals surface area contributed by atoms with Gasteiger partial charge in [0.1, 0.15) is 5.82 Å². The number of sulfonamides is 1. The number of carbonyl (C=O) groups excluding carboxylic acids is 1. The second-order valence-corrected chi connectivity index (χ2v) is 8.37. The van der Waals surface area contributed by atoms with E-state index in [1.165, 1.54) is 36.5 Å². The first-order chi connectivity index (χ1) is 14.3. The van der Waals surface area contributed by atoms with Gasteiger partial charge in [-0.05, 0) is 36.8 Å². The minimum Gasteiger partial charge on any atom is -0.395 e. The lowest BCUT2D eigenvalue weighted by Gasteiger charge is -2.11. The SMILES string of the molecule is CCCS(=O)(=O)Nc1cccc(C(=O)c2ccc3ncc(NCCO)nc3c2)c1F. The van der Waals surface area contributed by atoms with Gasteiger partial charge < -0.3 is 10.4 Å². The zero-order valence-corrected chi connectivity index (χ0v) is 17.0. The van der Waals surface area contributed by atoms with E-state index in [-0.39, 0.29) is 29.2 Å². The van der Waals surface area contributed by atoms with Gasteiger partial charge in [0.2, 0.25) is 10.0 Å². The standard InChI is InChI=1S/C20H21FN4O4S/c1-2-10-30(28,29)25-16-5-3-4-14(19(16)21)20(27)13-6-7-15-17(11-13)24-18(12-23-15)22-8-9-26/h3-7,11-12,25-26H,2,8-10H2,1H3,(H,22,24). The first kappa shape index (κ1) is 21.6. The minimum atomic E-state index is -3.70. The van der Waals surface area contributed by atoms with Crippen molar-refractivity contribution in [3.8, 4) is 0 Å². The van der Waals surface area contributed by atoms with E-state index in [9.17, 15) is 17.6 Å². The quantitative estimate of drug-likeness (QED) is 0.444. The number of fused-ring (bicyclic) bond motifs is 1. The predicted molar refractivity (Wildman–Crippen MR) is 113 cm³/mol. The summed E-state index contributed by atoms with van der Waals surface area (Å²) in [6, 6.07) is 8.57. The molecule has 8 nitrogen and oxygen atoms in total. The van der Waals surface area contributed by atoms with E-state index in [0.29, 0.717) is 29.8 Å². The Hall–Kier alpha value is -3.11. The van der Waals surface area contributed by atoms with Gasteiger partial charge in [0.15, 0.2) is 11.6 Å². The molecule has 3 rings (SSSR count). The fourth-order valence-corrected chi connectivity index (χ4v) is 3.98. The molecule has 0 aliphatic rings. The van der Waals surface area contributed by atoms with E-state index in [4.69, 9.17) is 5.11 Å². The van der Waals surface area contributed by atoms with Crippen LogP contribution in [0.5, 0.6) is 0 Å². The smallest absolute Gasteiger partial charge is 0.232 e. The summed E-state index contributed by atoms with van der Waals surface area (Å²) in [4.78, 5) is 21.5. The average molecular weight is 432 g/mol. The highest BCUT2D eigenvalue weighted by atomic mass is 32.2. The number of hydrogen-bond donors (Lipinski definition) is 3. The summed E-state index contributed by atoms with van der Waals surface area (Å²) in [7, 11) is -3.70. The van der Waals surface area contributed by atoms with Crippen molar-refractivity contribution in [1.29, 1.82) is 0 Å². The molecule has 0 fully saturated rings. The molecule has 0 aliphatic carbocycles. The van der Waals surface area contributed by atoms with Crippen LogP contribution in [0, 0.1) is 5.82 Å². The molecule has 0 aliphatic heterocycles. The Morgan fingerprint density at radius 2 is 2.00 bits per heavy atom. The van der Waals surface area contributed by atoms with Crippen LogP contribution in [0.4, 0.5) is 15.9 Å². The second kappa shape index (κ2) is 9.14. The lowest BCUT2D eigenvalue weighted by Crippen LogP contribution is -2.18. The number of nitrogens with one attached hydrogen (secondary N) is 2. The Kier molecular flexibility index (Phi) is 6.58. The molecule has 0 unspecified atom stereocenters. The van der Waals surface area contributed by atoms with Crippen molar-refractivity contribution in [3.63, 3.8) is 0 Å². The van der Waals surface area contributed by atoms with E-state index in [2.05, 4.69) is 20.0 Å². The molecule has 0 atom stereocenters. The van der Waals surface area contributed by atoms with E-state index in [1.807, 2.05) is 0 Å². The van der Waals surface area contributed by atoms with Gasteiger partial charge in [-0.1, -0.05) is 13.0 Å². The molecule has 0 amide bonds. The van der Waals surface area contributed by atoms with E-state index in [0.717, 1.165) is 0 Å². The molecule has 0 bridgehead atoms. The van der Waals surface area contributed by atoms with Crippen molar-refractivity contribution >= 4 is 38.3 Å². The van der Waals surface area contributed by atoms with Crippen LogP contribution in [-0.4, -0.2) is 48.2 Å². The molecule has 10 heteroatoms. The van der Waals surface area contributed by atoms with Crippen molar-refractivity contribution in [3.05, 3.63) is 59.5 Å². The number of aliphatic hydroxyl groups excluding tert-OH is 1. The van der Waals surface area contributed by atoms with Gasteiger partial charge in [0.25, 0.3) is 0 Å². The van der Waals surface area contributed by atoms with Gasteiger partial charge >= 0.3 is 0 Å². The number of anilines is 2. The Balaban J connectivity index is 1.94. The maximum absolute atomic E-state index is 14.9. The van der Waals surface area contributed by atoms with Gasteiger partial charge in [0.05, 0.1) is 40.8 Å². The van der Waals surface area contributed by atoms with E-state index in [1.54, 1.807) is 13.0 Å². The van der Waals surface area contributed by atoms with Crippen molar-refractivity contribution in [1.82, 2.24) is 9.97 Å². The molecular weight excluding hydrogens is 411 g/mol. The first-order valence-corrected chi connectivity index (χ1v) is 10.9. The number of hydrogen-bond acceptors (Lipinski definition) is 7. The van der Waals surface area contributed by atoms with Crippen LogP contribution in [0.3, 0.4) is 0 Å². The molecule has 158 valence electrons. The minimum absolute atomic E-state index is 0.0735. The number of rotatable bonds is 9. The number of ketones is 1. The fraction of sp³-hybridized carbons (Fsp3) is 0.250. The molecule has 3 aromatic rings. The number of nitrogens with zero attached hydrogens (tertiary/aromatic N) is 2. The number of aromatic nitrogens is 2. The maximum atomic E-state index is 14.9. The van der Waals surface area contributed by atoms with Crippen LogP contribution >= 0.6 is 0 Å². The van der Waals surface area contributed by atoms with Gasteiger partial charge in [0, 0.05) is 12.1 Å². The van der Waals surface area contributed by atoms with Gasteiger partial charge in [-0.2, -0.15) is 0 Å². The lowest BCUT2D eigenvalue weighted by atomic mass is 10.0. The largest absolute Gasteiger partial charge is 0.395 e. The predicted octanol–water partition coefficient (Wildman–Crippen LogP) is 2.56. The lowest BCUT2D eigenvalue weighted by molar-refractivity contribution is 0.103. The third kappa shape index (κ3) is 4.89. The molecule has 30 heavy (non-hydrogen) atoms. The molecule has 1 aromatic heterocycles. The topological polar surface area (TPSA) is 121 Å². The highest BCUT2D eigenvalue weighted by molar-refractivity contribution is 7.92. The van der Waals surface area contributed by atoms with Crippen molar-refractivity contribution in [2.45, 2.75) is 13.3 Å². The monoisotopic (exact) mass is 432 g/mol. The molecule has 0 saturated heterocycles. The number of halogens is 1. The Labute approximate surface area is 173 Å². The summed E-state index contributed by atoms with van der Waals surface area (Å²) >= 11 is 0. The number of benzene rings is 2. The van der Waals surface area contributed by atoms with Crippen LogP contribution in [0.25, 0.3) is 11.0 Å². The fourth-order valence-electron chi connectivity index (χ4n) is 2.85. The van der Waals surface area contributed by atoms with E-state index < -0.39 is 21.6 Å². The third-order valence-electron chi connectivity index (χ3n) is 4.20. The summed E-state index contributed by atoms with van der Waals surface area (Å²) < 4.78 is 41.0. The van der Waals surface area contributed by atoms with Crippen LogP contribution in [0.1, 0.15) is 29.3 Å². The Morgan fingerprint density at radius 1 is 1.20 bits per heavy atom. The average Bonchev–Trinajstić information content (AvgIpc) is 2.72. The summed E-state index contributed by atoms with van der Waals surface area (Å²) in [6.07, 6.45) is 1.88. The van der Waals surface area contributed by atoms with Gasteiger partial charge in [-0.3, -0.25) is 14.5 Å². The number of aliphatic hydroxyl groups is 1. The third-order valence-corrected chi connectivity index (χ3v) is 5.68. The molecule has 0 saturated carbocycles. The summed E-state index contributed by atoms with van der Waals surface area (Å²) in [6.45, 7) is 1.92. The summed E-state index contributed by atoms with van der Waals surface area (Å²) in [5.41, 5.74) is 0.620. The van der Waals surface area contributed by atoms with Crippen molar-refractivity contribution in [2.24, 2.45) is 0 Å². The van der Waals surface area contributed by atoms with Crippen LogP contribution in [-0.2, 0) is 10.0 Å². The summed E-state index contributed by atoms with van der Waals surface area (Å²) in [5, 5.41) is 11.8. The van der Waals surface area contributed by atoms with E-state index >= 15 is 0 Å². The molecule has 3 N–H and O–H groups in total. The maximum Gasteiger partial charge on any atom is 0.232 e. The molecule has 0 radical (unpaired) electrons. The highest BCUT2D eigenvalue weighted by Crippen LogP contribution is 2.23. The Morgan fingerprint density at radius 3 is 2.73 bits per heavy atom. The normalized spacial score (nSPS) is 11.4.